The van der Waals surface area contributed by atoms with Crippen LogP contribution >= 0.6 is 0 Å². The Labute approximate surface area is 111 Å². The first-order valence-corrected chi connectivity index (χ1v) is 6.18. The van der Waals surface area contributed by atoms with Crippen molar-refractivity contribution in [2.24, 2.45) is 5.73 Å². The summed E-state index contributed by atoms with van der Waals surface area (Å²) in [6, 6.07) is 9.85. The summed E-state index contributed by atoms with van der Waals surface area (Å²) in [5, 5.41) is 10.5. The number of halogens is 1. The van der Waals surface area contributed by atoms with Crippen LogP contribution in [-0.4, -0.2) is 16.6 Å². The number of hydrogen-bond donors (Lipinski definition) is 2. The van der Waals surface area contributed by atoms with Gasteiger partial charge in [-0.05, 0) is 42.3 Å². The molecule has 0 saturated carbocycles. The summed E-state index contributed by atoms with van der Waals surface area (Å²) in [4.78, 5) is 4.23. The molecule has 19 heavy (non-hydrogen) atoms. The second kappa shape index (κ2) is 5.91. The van der Waals surface area contributed by atoms with E-state index in [-0.39, 0.29) is 18.3 Å². The third-order valence-electron chi connectivity index (χ3n) is 3.25. The van der Waals surface area contributed by atoms with Crippen molar-refractivity contribution in [2.45, 2.75) is 18.9 Å². The van der Waals surface area contributed by atoms with Crippen LogP contribution in [0.2, 0.25) is 0 Å². The number of aryl methyl sites for hydroxylation is 1. The summed E-state index contributed by atoms with van der Waals surface area (Å²) in [6.45, 7) is 2.04. The zero-order chi connectivity index (χ0) is 13.8. The van der Waals surface area contributed by atoms with Gasteiger partial charge in [0.1, 0.15) is 5.82 Å². The van der Waals surface area contributed by atoms with Crippen molar-refractivity contribution >= 4 is 0 Å². The Morgan fingerprint density at radius 1 is 1.32 bits per heavy atom. The normalized spacial score (nSPS) is 14.1. The molecule has 0 saturated heterocycles. The number of nitrogens with two attached hydrogens (primary N) is 1. The van der Waals surface area contributed by atoms with Gasteiger partial charge >= 0.3 is 0 Å². The van der Waals surface area contributed by atoms with Crippen LogP contribution in [0.3, 0.4) is 0 Å². The minimum Gasteiger partial charge on any atom is -0.388 e. The second-order valence-corrected chi connectivity index (χ2v) is 4.54. The van der Waals surface area contributed by atoms with Gasteiger partial charge in [-0.25, -0.2) is 4.39 Å². The Hall–Kier alpha value is -1.78. The molecule has 2 aromatic rings. The Kier molecular flexibility index (Phi) is 4.24. The van der Waals surface area contributed by atoms with Crippen LogP contribution < -0.4 is 5.73 Å². The lowest BCUT2D eigenvalue weighted by atomic mass is 9.90. The van der Waals surface area contributed by atoms with Crippen LogP contribution in [0.15, 0.2) is 42.6 Å². The number of hydrogen-bond acceptors (Lipinski definition) is 3. The maximum Gasteiger partial charge on any atom is 0.123 e. The quantitative estimate of drug-likeness (QED) is 0.886. The molecule has 1 aromatic heterocycles. The summed E-state index contributed by atoms with van der Waals surface area (Å²) in [5.41, 5.74) is 7.88. The van der Waals surface area contributed by atoms with Crippen molar-refractivity contribution in [2.75, 3.05) is 6.54 Å². The number of benzene rings is 1. The molecule has 2 unspecified atom stereocenters. The van der Waals surface area contributed by atoms with Gasteiger partial charge in [-0.15, -0.1) is 0 Å². The summed E-state index contributed by atoms with van der Waals surface area (Å²) in [6.07, 6.45) is 0.878. The molecule has 0 radical (unpaired) electrons. The van der Waals surface area contributed by atoms with E-state index in [1.807, 2.05) is 18.2 Å². The standard InChI is InChI=1S/C15H17FN2O/c1-10-8-11(16)5-6-12(10)15(19)13(9-17)14-4-2-3-7-18-14/h2-8,13,15,19H,9,17H2,1H3. The van der Waals surface area contributed by atoms with E-state index >= 15 is 0 Å². The molecule has 0 aliphatic carbocycles. The fourth-order valence-corrected chi connectivity index (χ4v) is 2.19. The van der Waals surface area contributed by atoms with Gasteiger partial charge < -0.3 is 10.8 Å². The SMILES string of the molecule is Cc1cc(F)ccc1C(O)C(CN)c1ccccn1. The molecule has 1 heterocycles. The molecule has 2 rings (SSSR count). The van der Waals surface area contributed by atoms with Crippen molar-refractivity contribution in [3.63, 3.8) is 0 Å². The minimum absolute atomic E-state index is 0.273. The van der Waals surface area contributed by atoms with E-state index in [4.69, 9.17) is 5.73 Å². The molecular weight excluding hydrogens is 243 g/mol. The molecule has 1 aromatic carbocycles. The van der Waals surface area contributed by atoms with Crippen molar-refractivity contribution in [3.05, 3.63) is 65.2 Å². The van der Waals surface area contributed by atoms with E-state index in [0.717, 1.165) is 5.69 Å². The molecule has 0 amide bonds. The fraction of sp³-hybridized carbons (Fsp3) is 0.267. The maximum atomic E-state index is 13.1. The van der Waals surface area contributed by atoms with Crippen LogP contribution in [0.5, 0.6) is 0 Å². The zero-order valence-corrected chi connectivity index (χ0v) is 10.8. The van der Waals surface area contributed by atoms with E-state index in [0.29, 0.717) is 11.1 Å². The molecule has 0 aliphatic heterocycles. The zero-order valence-electron chi connectivity index (χ0n) is 10.8. The third-order valence-corrected chi connectivity index (χ3v) is 3.25. The first-order chi connectivity index (χ1) is 9.13. The minimum atomic E-state index is -0.791. The van der Waals surface area contributed by atoms with Crippen molar-refractivity contribution in [1.82, 2.24) is 4.98 Å². The molecule has 0 aliphatic rings. The number of nitrogens with zero attached hydrogens (tertiary/aromatic N) is 1. The molecule has 3 N–H and O–H groups in total. The molecule has 0 spiro atoms. The summed E-state index contributed by atoms with van der Waals surface area (Å²) in [5.74, 6) is -0.610. The van der Waals surface area contributed by atoms with Gasteiger partial charge in [0.25, 0.3) is 0 Å². The smallest absolute Gasteiger partial charge is 0.123 e. The van der Waals surface area contributed by atoms with E-state index < -0.39 is 6.10 Å². The Balaban J connectivity index is 2.33. The van der Waals surface area contributed by atoms with Gasteiger partial charge in [0.15, 0.2) is 0 Å². The third kappa shape index (κ3) is 2.97. The Morgan fingerprint density at radius 3 is 2.68 bits per heavy atom. The van der Waals surface area contributed by atoms with Gasteiger partial charge in [0, 0.05) is 24.4 Å². The fourth-order valence-electron chi connectivity index (χ4n) is 2.19. The predicted octanol–water partition coefficient (Wildman–Crippen LogP) is 2.31. The second-order valence-electron chi connectivity index (χ2n) is 4.54. The number of aromatic nitrogens is 1. The molecule has 3 nitrogen and oxygen atoms in total. The lowest BCUT2D eigenvalue weighted by Gasteiger charge is -2.22. The average molecular weight is 260 g/mol. The van der Waals surface area contributed by atoms with Crippen LogP contribution in [0.1, 0.15) is 28.8 Å². The Bertz CT molecular complexity index is 545. The lowest BCUT2D eigenvalue weighted by Crippen LogP contribution is -2.21. The van der Waals surface area contributed by atoms with Crippen LogP contribution in [0.25, 0.3) is 0 Å². The predicted molar refractivity (Wildman–Crippen MR) is 72.1 cm³/mol. The van der Waals surface area contributed by atoms with Crippen molar-refractivity contribution in [1.29, 1.82) is 0 Å². The average Bonchev–Trinajstić information content (AvgIpc) is 2.40. The molecule has 4 heteroatoms. The topological polar surface area (TPSA) is 59.1 Å². The largest absolute Gasteiger partial charge is 0.388 e. The van der Waals surface area contributed by atoms with Crippen LogP contribution in [-0.2, 0) is 0 Å². The first kappa shape index (κ1) is 13.6. The summed E-state index contributed by atoms with van der Waals surface area (Å²) < 4.78 is 13.1. The number of pyridine rings is 1. The maximum absolute atomic E-state index is 13.1. The highest BCUT2D eigenvalue weighted by molar-refractivity contribution is 5.31. The number of aliphatic hydroxyl groups is 1. The summed E-state index contributed by atoms with van der Waals surface area (Å²) in [7, 11) is 0. The highest BCUT2D eigenvalue weighted by atomic mass is 19.1. The summed E-state index contributed by atoms with van der Waals surface area (Å²) >= 11 is 0. The molecular formula is C15H17FN2O. The van der Waals surface area contributed by atoms with Crippen molar-refractivity contribution in [3.8, 4) is 0 Å². The molecule has 100 valence electrons. The molecule has 0 fully saturated rings. The van der Waals surface area contributed by atoms with Gasteiger partial charge in [-0.2, -0.15) is 0 Å². The van der Waals surface area contributed by atoms with Gasteiger partial charge in [0.2, 0.25) is 0 Å². The highest BCUT2D eigenvalue weighted by Gasteiger charge is 2.23. The van der Waals surface area contributed by atoms with Gasteiger partial charge in [0.05, 0.1) is 6.10 Å². The monoisotopic (exact) mass is 260 g/mol. The van der Waals surface area contributed by atoms with E-state index in [1.54, 1.807) is 19.2 Å². The van der Waals surface area contributed by atoms with E-state index in [9.17, 15) is 9.50 Å². The van der Waals surface area contributed by atoms with Gasteiger partial charge in [-0.3, -0.25) is 4.98 Å². The lowest BCUT2D eigenvalue weighted by molar-refractivity contribution is 0.145. The van der Waals surface area contributed by atoms with Crippen molar-refractivity contribution < 1.29 is 9.50 Å². The number of aliphatic hydroxyl groups excluding tert-OH is 1. The van der Waals surface area contributed by atoms with E-state index in [2.05, 4.69) is 4.98 Å². The number of rotatable bonds is 4. The first-order valence-electron chi connectivity index (χ1n) is 6.18. The molecule has 0 bridgehead atoms. The van der Waals surface area contributed by atoms with Crippen LogP contribution in [0.4, 0.5) is 4.39 Å². The van der Waals surface area contributed by atoms with Crippen LogP contribution in [0, 0.1) is 12.7 Å². The van der Waals surface area contributed by atoms with E-state index in [1.165, 1.54) is 12.1 Å². The molecule has 2 atom stereocenters. The van der Waals surface area contributed by atoms with Gasteiger partial charge in [-0.1, -0.05) is 12.1 Å². The highest BCUT2D eigenvalue weighted by Crippen LogP contribution is 2.30. The Morgan fingerprint density at radius 2 is 2.11 bits per heavy atom.